The maximum atomic E-state index is 13.2. The molecule has 0 radical (unpaired) electrons. The minimum Gasteiger partial charge on any atom is -0.354 e. The summed E-state index contributed by atoms with van der Waals surface area (Å²) >= 11 is 5.78. The lowest BCUT2D eigenvalue weighted by Crippen LogP contribution is -2.31. The molecule has 1 aromatic heterocycles. The fourth-order valence-electron chi connectivity index (χ4n) is 2.52. The van der Waals surface area contributed by atoms with Crippen LogP contribution >= 0.6 is 11.6 Å². The van der Waals surface area contributed by atoms with E-state index in [-0.39, 0.29) is 10.9 Å². The van der Waals surface area contributed by atoms with Crippen LogP contribution in [-0.2, 0) is 0 Å². The van der Waals surface area contributed by atoms with E-state index in [0.717, 1.165) is 5.69 Å². The van der Waals surface area contributed by atoms with E-state index in [1.165, 1.54) is 12.1 Å². The second-order valence-electron chi connectivity index (χ2n) is 5.57. The van der Waals surface area contributed by atoms with Crippen molar-refractivity contribution in [3.63, 3.8) is 0 Å². The van der Waals surface area contributed by atoms with Crippen molar-refractivity contribution in [3.8, 4) is 0 Å². The summed E-state index contributed by atoms with van der Waals surface area (Å²) < 4.78 is 13.2. The molecule has 0 atom stereocenters. The van der Waals surface area contributed by atoms with Crippen LogP contribution in [0.25, 0.3) is 0 Å². The average Bonchev–Trinajstić information content (AvgIpc) is 2.67. The van der Waals surface area contributed by atoms with E-state index >= 15 is 0 Å². The molecule has 0 aliphatic heterocycles. The van der Waals surface area contributed by atoms with Gasteiger partial charge in [0, 0.05) is 17.9 Å². The molecule has 0 saturated heterocycles. The van der Waals surface area contributed by atoms with Crippen LogP contribution in [0.1, 0.15) is 17.4 Å². The van der Waals surface area contributed by atoms with Gasteiger partial charge < -0.3 is 10.2 Å². The second kappa shape index (κ2) is 7.97. The molecule has 0 fully saturated rings. The van der Waals surface area contributed by atoms with Crippen LogP contribution in [0, 0.1) is 5.82 Å². The number of nitrogens with one attached hydrogen (secondary N) is 1. The van der Waals surface area contributed by atoms with Crippen molar-refractivity contribution in [1.82, 2.24) is 4.98 Å². The molecule has 26 heavy (non-hydrogen) atoms. The zero-order valence-corrected chi connectivity index (χ0v) is 14.9. The largest absolute Gasteiger partial charge is 0.354 e. The molecular weight excluding hydrogens is 353 g/mol. The Labute approximate surface area is 156 Å². The summed E-state index contributed by atoms with van der Waals surface area (Å²) in [6.07, 6.45) is 1.56. The number of para-hydroxylation sites is 1. The molecule has 4 nitrogen and oxygen atoms in total. The number of hydrogen-bond acceptors (Lipinski definition) is 3. The average molecular weight is 370 g/mol. The summed E-state index contributed by atoms with van der Waals surface area (Å²) in [5, 5.41) is 3.11. The van der Waals surface area contributed by atoms with E-state index in [1.54, 1.807) is 29.3 Å². The first-order chi connectivity index (χ1) is 12.6. The Bertz CT molecular complexity index is 901. The van der Waals surface area contributed by atoms with Crippen LogP contribution in [0.2, 0.25) is 5.02 Å². The zero-order chi connectivity index (χ0) is 18.5. The van der Waals surface area contributed by atoms with Gasteiger partial charge in [0.05, 0.1) is 16.9 Å². The predicted octanol–water partition coefficient (Wildman–Crippen LogP) is 5.28. The minimum absolute atomic E-state index is 0.0382. The van der Waals surface area contributed by atoms with Crippen LogP contribution in [-0.4, -0.2) is 17.4 Å². The van der Waals surface area contributed by atoms with Crippen molar-refractivity contribution < 1.29 is 9.18 Å². The van der Waals surface area contributed by atoms with Gasteiger partial charge in [0.2, 0.25) is 0 Å². The number of carbonyl (C=O) groups excluding carboxylic acids is 1. The molecule has 0 saturated carbocycles. The van der Waals surface area contributed by atoms with Crippen LogP contribution in [0.3, 0.4) is 0 Å². The van der Waals surface area contributed by atoms with Crippen molar-refractivity contribution >= 4 is 34.6 Å². The van der Waals surface area contributed by atoms with Gasteiger partial charge in [-0.05, 0) is 49.4 Å². The van der Waals surface area contributed by atoms with Gasteiger partial charge >= 0.3 is 0 Å². The first kappa shape index (κ1) is 17.9. The Kier molecular flexibility index (Phi) is 5.49. The standard InChI is InChI=1S/C20H17ClFN3O/c1-2-25(16-6-4-3-5-7-16)20(26)19-11-9-15(13-23-19)24-14-8-10-18(22)17(21)12-14/h3-13,24H,2H2,1H3. The third-order valence-corrected chi connectivity index (χ3v) is 4.11. The summed E-state index contributed by atoms with van der Waals surface area (Å²) in [7, 11) is 0. The topological polar surface area (TPSA) is 45.2 Å². The van der Waals surface area contributed by atoms with Gasteiger partial charge in [-0.25, -0.2) is 9.37 Å². The number of amides is 1. The number of hydrogen-bond donors (Lipinski definition) is 1. The Morgan fingerprint density at radius 2 is 1.85 bits per heavy atom. The molecule has 6 heteroatoms. The minimum atomic E-state index is -0.475. The van der Waals surface area contributed by atoms with Gasteiger partial charge in [-0.1, -0.05) is 29.8 Å². The van der Waals surface area contributed by atoms with Gasteiger partial charge in [0.15, 0.2) is 0 Å². The van der Waals surface area contributed by atoms with Gasteiger partial charge in [-0.15, -0.1) is 0 Å². The summed E-state index contributed by atoms with van der Waals surface area (Å²) in [5.41, 5.74) is 2.48. The molecule has 0 unspecified atom stereocenters. The molecule has 3 rings (SSSR count). The molecule has 0 aliphatic carbocycles. The number of nitrogens with zero attached hydrogens (tertiary/aromatic N) is 2. The monoisotopic (exact) mass is 369 g/mol. The van der Waals surface area contributed by atoms with E-state index in [0.29, 0.717) is 23.6 Å². The quantitative estimate of drug-likeness (QED) is 0.665. The Morgan fingerprint density at radius 3 is 2.46 bits per heavy atom. The molecule has 1 amide bonds. The smallest absolute Gasteiger partial charge is 0.276 e. The number of carbonyl (C=O) groups is 1. The SMILES string of the molecule is CCN(C(=O)c1ccc(Nc2ccc(F)c(Cl)c2)cn1)c1ccccc1. The highest BCUT2D eigenvalue weighted by Crippen LogP contribution is 2.23. The van der Waals surface area contributed by atoms with Crippen molar-refractivity contribution in [1.29, 1.82) is 0 Å². The summed E-state index contributed by atoms with van der Waals surface area (Å²) in [5.74, 6) is -0.646. The highest BCUT2D eigenvalue weighted by atomic mass is 35.5. The first-order valence-electron chi connectivity index (χ1n) is 8.13. The first-order valence-corrected chi connectivity index (χ1v) is 8.51. The summed E-state index contributed by atoms with van der Waals surface area (Å²) in [6, 6.07) is 17.2. The fourth-order valence-corrected chi connectivity index (χ4v) is 2.71. The van der Waals surface area contributed by atoms with Crippen LogP contribution in [0.15, 0.2) is 66.9 Å². The summed E-state index contributed by atoms with van der Waals surface area (Å²) in [4.78, 5) is 18.6. The highest BCUT2D eigenvalue weighted by molar-refractivity contribution is 6.31. The van der Waals surface area contributed by atoms with Gasteiger partial charge in [-0.2, -0.15) is 0 Å². The normalized spacial score (nSPS) is 10.4. The van der Waals surface area contributed by atoms with Crippen LogP contribution in [0.5, 0.6) is 0 Å². The molecule has 1 heterocycles. The van der Waals surface area contributed by atoms with Crippen LogP contribution in [0.4, 0.5) is 21.5 Å². The number of rotatable bonds is 5. The van der Waals surface area contributed by atoms with E-state index < -0.39 is 5.82 Å². The number of aromatic nitrogens is 1. The number of anilines is 3. The number of pyridine rings is 1. The molecule has 1 N–H and O–H groups in total. The molecule has 2 aromatic carbocycles. The molecule has 3 aromatic rings. The highest BCUT2D eigenvalue weighted by Gasteiger charge is 2.17. The van der Waals surface area contributed by atoms with E-state index in [9.17, 15) is 9.18 Å². The number of halogens is 2. The molecule has 132 valence electrons. The van der Waals surface area contributed by atoms with Crippen LogP contribution < -0.4 is 10.2 Å². The molecular formula is C20H17ClFN3O. The fraction of sp³-hybridized carbons (Fsp3) is 0.100. The maximum Gasteiger partial charge on any atom is 0.276 e. The third kappa shape index (κ3) is 4.00. The Hall–Kier alpha value is -2.92. The van der Waals surface area contributed by atoms with E-state index in [2.05, 4.69) is 10.3 Å². The lowest BCUT2D eigenvalue weighted by Gasteiger charge is -2.20. The molecule has 0 aliphatic rings. The van der Waals surface area contributed by atoms with Gasteiger partial charge in [0.25, 0.3) is 5.91 Å². The second-order valence-corrected chi connectivity index (χ2v) is 5.98. The van der Waals surface area contributed by atoms with Gasteiger partial charge in [0.1, 0.15) is 11.5 Å². The molecule has 0 bridgehead atoms. The van der Waals surface area contributed by atoms with Crippen molar-refractivity contribution in [3.05, 3.63) is 83.4 Å². The maximum absolute atomic E-state index is 13.2. The van der Waals surface area contributed by atoms with E-state index in [1.807, 2.05) is 37.3 Å². The van der Waals surface area contributed by atoms with E-state index in [4.69, 9.17) is 11.6 Å². The van der Waals surface area contributed by atoms with Crippen molar-refractivity contribution in [2.45, 2.75) is 6.92 Å². The molecule has 0 spiro atoms. The van der Waals surface area contributed by atoms with Crippen molar-refractivity contribution in [2.24, 2.45) is 0 Å². The Morgan fingerprint density at radius 1 is 1.12 bits per heavy atom. The summed E-state index contributed by atoms with van der Waals surface area (Å²) in [6.45, 7) is 2.46. The predicted molar refractivity (Wildman–Crippen MR) is 103 cm³/mol. The number of benzene rings is 2. The lowest BCUT2D eigenvalue weighted by atomic mass is 10.2. The third-order valence-electron chi connectivity index (χ3n) is 3.82. The lowest BCUT2D eigenvalue weighted by molar-refractivity contribution is 0.0983. The Balaban J connectivity index is 1.76. The zero-order valence-electron chi connectivity index (χ0n) is 14.1. The van der Waals surface area contributed by atoms with Crippen molar-refractivity contribution in [2.75, 3.05) is 16.8 Å². The van der Waals surface area contributed by atoms with Gasteiger partial charge in [-0.3, -0.25) is 4.79 Å².